The monoisotopic (exact) mass is 351 g/mol. The van der Waals surface area contributed by atoms with Crippen LogP contribution in [0, 0.1) is 5.92 Å². The Hall–Kier alpha value is -1.80. The molecule has 140 valence electrons. The molecule has 1 aliphatic rings. The average molecular weight is 352 g/mol. The Morgan fingerprint density at radius 2 is 1.77 bits per heavy atom. The van der Waals surface area contributed by atoms with Gasteiger partial charge in [0.15, 0.2) is 0 Å². The van der Waals surface area contributed by atoms with E-state index in [1.807, 2.05) is 0 Å². The van der Waals surface area contributed by atoms with Crippen molar-refractivity contribution in [2.75, 3.05) is 27.2 Å². The van der Waals surface area contributed by atoms with Crippen molar-refractivity contribution in [1.82, 2.24) is 4.90 Å². The molecule has 2 nitrogen and oxygen atoms in total. The highest BCUT2D eigenvalue weighted by molar-refractivity contribution is 5.71. The first-order chi connectivity index (χ1) is 12.6. The van der Waals surface area contributed by atoms with Gasteiger partial charge in [0.2, 0.25) is 0 Å². The van der Waals surface area contributed by atoms with Crippen LogP contribution < -0.4 is 4.74 Å². The molecule has 2 aromatic rings. The molecule has 0 aromatic heterocycles. The van der Waals surface area contributed by atoms with Gasteiger partial charge in [-0.1, -0.05) is 44.2 Å². The van der Waals surface area contributed by atoms with Crippen molar-refractivity contribution in [1.29, 1.82) is 0 Å². The summed E-state index contributed by atoms with van der Waals surface area (Å²) in [5.41, 5.74) is 5.30. The minimum atomic E-state index is 0.573. The molecule has 0 bridgehead atoms. The molecule has 1 unspecified atom stereocenters. The van der Waals surface area contributed by atoms with Crippen LogP contribution >= 0.6 is 0 Å². The van der Waals surface area contributed by atoms with Crippen LogP contribution in [-0.2, 0) is 6.42 Å². The molecule has 0 aliphatic carbocycles. The Bertz CT molecular complexity index is 699. The summed E-state index contributed by atoms with van der Waals surface area (Å²) in [6.07, 6.45) is 5.01. The van der Waals surface area contributed by atoms with Gasteiger partial charge in [-0.2, -0.15) is 0 Å². The Morgan fingerprint density at radius 3 is 2.38 bits per heavy atom. The van der Waals surface area contributed by atoms with E-state index in [9.17, 15) is 0 Å². The van der Waals surface area contributed by atoms with Crippen molar-refractivity contribution >= 4 is 0 Å². The summed E-state index contributed by atoms with van der Waals surface area (Å²) in [7, 11) is 3.99. The molecule has 2 aromatic carbocycles. The number of hydrogen-bond donors (Lipinski definition) is 0. The third kappa shape index (κ3) is 4.48. The van der Waals surface area contributed by atoms with Crippen LogP contribution in [0.1, 0.15) is 50.2 Å². The summed E-state index contributed by atoms with van der Waals surface area (Å²) in [4.78, 5) is 2.44. The maximum Gasteiger partial charge on any atom is 0.126 e. The fourth-order valence-corrected chi connectivity index (χ4v) is 3.91. The third-order valence-electron chi connectivity index (χ3n) is 6.03. The minimum absolute atomic E-state index is 0.573. The van der Waals surface area contributed by atoms with Gasteiger partial charge in [0, 0.05) is 5.56 Å². The maximum atomic E-state index is 5.63. The second-order valence-corrected chi connectivity index (χ2v) is 7.92. The molecule has 1 heterocycles. The van der Waals surface area contributed by atoms with Crippen molar-refractivity contribution in [2.45, 2.75) is 45.4 Å². The normalized spacial score (nSPS) is 17.2. The number of rotatable bonds is 6. The standard InChI is InChI=1S/C24H33NO/c1-5-18(2)22-10-11-24(26-4)23(17-22)21-8-6-19(7-9-21)16-20-12-14-25(3)15-13-20/h6-11,17-18,20H,5,12-16H2,1-4H3. The van der Waals surface area contributed by atoms with E-state index in [1.54, 1.807) is 7.11 Å². The van der Waals surface area contributed by atoms with Gasteiger partial charge in [-0.25, -0.2) is 0 Å². The summed E-state index contributed by atoms with van der Waals surface area (Å²) in [5, 5.41) is 0. The molecule has 3 rings (SSSR count). The smallest absolute Gasteiger partial charge is 0.126 e. The Balaban J connectivity index is 1.77. The maximum absolute atomic E-state index is 5.63. The third-order valence-corrected chi connectivity index (χ3v) is 6.03. The quantitative estimate of drug-likeness (QED) is 0.656. The molecule has 1 fully saturated rings. The van der Waals surface area contributed by atoms with Gasteiger partial charge in [-0.3, -0.25) is 0 Å². The zero-order valence-electron chi connectivity index (χ0n) is 16.8. The predicted molar refractivity (Wildman–Crippen MR) is 111 cm³/mol. The Kier molecular flexibility index (Phi) is 6.37. The Labute approximate surface area is 159 Å². The number of piperidine rings is 1. The zero-order chi connectivity index (χ0) is 18.5. The zero-order valence-corrected chi connectivity index (χ0v) is 16.8. The highest BCUT2D eigenvalue weighted by Crippen LogP contribution is 2.34. The van der Waals surface area contributed by atoms with Gasteiger partial charge in [-0.05, 0) is 86.5 Å². The molecule has 2 heteroatoms. The van der Waals surface area contributed by atoms with E-state index < -0.39 is 0 Å². The van der Waals surface area contributed by atoms with Crippen LogP contribution in [0.5, 0.6) is 5.75 Å². The van der Waals surface area contributed by atoms with E-state index in [-0.39, 0.29) is 0 Å². The summed E-state index contributed by atoms with van der Waals surface area (Å²) < 4.78 is 5.63. The summed E-state index contributed by atoms with van der Waals surface area (Å²) in [6, 6.07) is 15.8. The second-order valence-electron chi connectivity index (χ2n) is 7.92. The highest BCUT2D eigenvalue weighted by atomic mass is 16.5. The van der Waals surface area contributed by atoms with Crippen molar-refractivity contribution in [2.24, 2.45) is 5.92 Å². The fourth-order valence-electron chi connectivity index (χ4n) is 3.91. The molecule has 0 saturated carbocycles. The lowest BCUT2D eigenvalue weighted by atomic mass is 9.89. The first-order valence-electron chi connectivity index (χ1n) is 10.1. The molecule has 1 atom stereocenters. The van der Waals surface area contributed by atoms with E-state index in [0.29, 0.717) is 5.92 Å². The second kappa shape index (κ2) is 8.73. The minimum Gasteiger partial charge on any atom is -0.496 e. The number of methoxy groups -OCH3 is 1. The van der Waals surface area contributed by atoms with Crippen LogP contribution in [0.2, 0.25) is 0 Å². The van der Waals surface area contributed by atoms with Gasteiger partial charge in [0.1, 0.15) is 5.75 Å². The lowest BCUT2D eigenvalue weighted by molar-refractivity contribution is 0.219. The number of hydrogen-bond acceptors (Lipinski definition) is 2. The molecule has 1 saturated heterocycles. The van der Waals surface area contributed by atoms with Gasteiger partial charge in [0.05, 0.1) is 7.11 Å². The van der Waals surface area contributed by atoms with Crippen LogP contribution in [0.25, 0.3) is 11.1 Å². The van der Waals surface area contributed by atoms with Crippen molar-refractivity contribution < 1.29 is 4.74 Å². The van der Waals surface area contributed by atoms with Gasteiger partial charge in [-0.15, -0.1) is 0 Å². The SMILES string of the molecule is CCC(C)c1ccc(OC)c(-c2ccc(CC3CCN(C)CC3)cc2)c1. The van der Waals surface area contributed by atoms with Crippen molar-refractivity contribution in [3.63, 3.8) is 0 Å². The van der Waals surface area contributed by atoms with Crippen LogP contribution in [0.3, 0.4) is 0 Å². The molecule has 0 radical (unpaired) electrons. The number of benzene rings is 2. The van der Waals surface area contributed by atoms with E-state index in [1.165, 1.54) is 54.6 Å². The van der Waals surface area contributed by atoms with Crippen molar-refractivity contribution in [3.8, 4) is 16.9 Å². The predicted octanol–water partition coefficient (Wildman–Crippen LogP) is 5.76. The van der Waals surface area contributed by atoms with E-state index >= 15 is 0 Å². The van der Waals surface area contributed by atoms with Crippen LogP contribution in [0.4, 0.5) is 0 Å². The first-order valence-corrected chi connectivity index (χ1v) is 10.1. The molecule has 0 spiro atoms. The molecular weight excluding hydrogens is 318 g/mol. The fraction of sp³-hybridized carbons (Fsp3) is 0.500. The van der Waals surface area contributed by atoms with E-state index in [0.717, 1.165) is 18.1 Å². The topological polar surface area (TPSA) is 12.5 Å². The average Bonchev–Trinajstić information content (AvgIpc) is 2.69. The van der Waals surface area contributed by atoms with Crippen molar-refractivity contribution in [3.05, 3.63) is 53.6 Å². The Morgan fingerprint density at radius 1 is 1.08 bits per heavy atom. The van der Waals surface area contributed by atoms with Crippen LogP contribution in [-0.4, -0.2) is 32.1 Å². The molecular formula is C24H33NO. The summed E-state index contributed by atoms with van der Waals surface area (Å²) in [6.45, 7) is 7.01. The highest BCUT2D eigenvalue weighted by Gasteiger charge is 2.17. The van der Waals surface area contributed by atoms with Gasteiger partial charge < -0.3 is 9.64 Å². The lowest BCUT2D eigenvalue weighted by Crippen LogP contribution is -2.30. The summed E-state index contributed by atoms with van der Waals surface area (Å²) in [5.74, 6) is 2.36. The van der Waals surface area contributed by atoms with Gasteiger partial charge in [0.25, 0.3) is 0 Å². The van der Waals surface area contributed by atoms with Gasteiger partial charge >= 0.3 is 0 Å². The van der Waals surface area contributed by atoms with E-state index in [2.05, 4.69) is 68.3 Å². The number of nitrogens with zero attached hydrogens (tertiary/aromatic N) is 1. The summed E-state index contributed by atoms with van der Waals surface area (Å²) >= 11 is 0. The lowest BCUT2D eigenvalue weighted by Gasteiger charge is -2.29. The molecule has 0 N–H and O–H groups in total. The number of likely N-dealkylation sites (tertiary alicyclic amines) is 1. The number of ether oxygens (including phenoxy) is 1. The van der Waals surface area contributed by atoms with E-state index in [4.69, 9.17) is 4.74 Å². The first kappa shape index (κ1) is 19.0. The molecule has 0 amide bonds. The van der Waals surface area contributed by atoms with Crippen LogP contribution in [0.15, 0.2) is 42.5 Å². The molecule has 1 aliphatic heterocycles. The largest absolute Gasteiger partial charge is 0.496 e. The molecule has 26 heavy (non-hydrogen) atoms.